The Morgan fingerprint density at radius 2 is 1.29 bits per heavy atom. The van der Waals surface area contributed by atoms with Gasteiger partial charge in [-0.25, -0.2) is 0 Å². The van der Waals surface area contributed by atoms with Crippen LogP contribution < -0.4 is 9.64 Å². The van der Waals surface area contributed by atoms with Crippen LogP contribution in [0.5, 0.6) is 11.5 Å². The first-order valence-electron chi connectivity index (χ1n) is 8.31. The maximum Gasteiger partial charge on any atom is 0.151 e. The van der Waals surface area contributed by atoms with E-state index in [4.69, 9.17) is 4.74 Å². The molecular formula is C22H21NO. The summed E-state index contributed by atoms with van der Waals surface area (Å²) in [4.78, 5) is 2.28. The van der Waals surface area contributed by atoms with Crippen LogP contribution in [0, 0.1) is 0 Å². The van der Waals surface area contributed by atoms with E-state index in [9.17, 15) is 0 Å². The number of fused-ring (bicyclic) bond motifs is 2. The zero-order chi connectivity index (χ0) is 16.7. The summed E-state index contributed by atoms with van der Waals surface area (Å²) in [6, 6.07) is 25.1. The Morgan fingerprint density at radius 3 is 1.88 bits per heavy atom. The van der Waals surface area contributed by atoms with Crippen molar-refractivity contribution in [3.63, 3.8) is 0 Å². The minimum Gasteiger partial charge on any atom is -0.453 e. The van der Waals surface area contributed by atoms with Crippen LogP contribution in [0.25, 0.3) is 0 Å². The number of rotatable bonds is 1. The molecule has 0 N–H and O–H groups in total. The van der Waals surface area contributed by atoms with E-state index in [-0.39, 0.29) is 5.41 Å². The van der Waals surface area contributed by atoms with Gasteiger partial charge in [0.25, 0.3) is 0 Å². The Kier molecular flexibility index (Phi) is 3.34. The third kappa shape index (κ3) is 2.44. The molecule has 120 valence electrons. The topological polar surface area (TPSA) is 12.5 Å². The molecule has 4 rings (SSSR count). The number of nitrogens with zero attached hydrogens (tertiary/aromatic N) is 1. The second-order valence-electron chi connectivity index (χ2n) is 7.17. The van der Waals surface area contributed by atoms with Gasteiger partial charge in [0.2, 0.25) is 0 Å². The first kappa shape index (κ1) is 14.8. The highest BCUT2D eigenvalue weighted by Gasteiger charge is 2.26. The van der Waals surface area contributed by atoms with Gasteiger partial charge in [0, 0.05) is 5.69 Å². The van der Waals surface area contributed by atoms with Gasteiger partial charge in [-0.05, 0) is 47.4 Å². The van der Waals surface area contributed by atoms with Gasteiger partial charge in [-0.3, -0.25) is 0 Å². The molecule has 0 fully saturated rings. The van der Waals surface area contributed by atoms with Crippen molar-refractivity contribution in [1.82, 2.24) is 0 Å². The van der Waals surface area contributed by atoms with Crippen molar-refractivity contribution in [2.45, 2.75) is 26.2 Å². The Bertz CT molecular complexity index is 847. The van der Waals surface area contributed by atoms with Gasteiger partial charge in [0.15, 0.2) is 11.5 Å². The van der Waals surface area contributed by atoms with Crippen LogP contribution in [0.4, 0.5) is 17.1 Å². The summed E-state index contributed by atoms with van der Waals surface area (Å²) in [5.74, 6) is 1.77. The highest BCUT2D eigenvalue weighted by molar-refractivity contribution is 5.86. The van der Waals surface area contributed by atoms with Crippen molar-refractivity contribution in [2.24, 2.45) is 0 Å². The minimum atomic E-state index is 0.112. The smallest absolute Gasteiger partial charge is 0.151 e. The molecule has 0 bridgehead atoms. The fourth-order valence-electron chi connectivity index (χ4n) is 3.09. The predicted molar refractivity (Wildman–Crippen MR) is 99.9 cm³/mol. The van der Waals surface area contributed by atoms with E-state index in [0.717, 1.165) is 28.6 Å². The van der Waals surface area contributed by atoms with E-state index in [2.05, 4.69) is 74.2 Å². The third-order valence-electron chi connectivity index (χ3n) is 4.40. The van der Waals surface area contributed by atoms with Gasteiger partial charge in [0.05, 0.1) is 11.4 Å². The molecule has 0 aliphatic carbocycles. The molecule has 0 aromatic heterocycles. The quantitative estimate of drug-likeness (QED) is 0.394. The summed E-state index contributed by atoms with van der Waals surface area (Å²) in [5.41, 5.74) is 4.73. The van der Waals surface area contributed by atoms with E-state index in [0.29, 0.717) is 0 Å². The second-order valence-corrected chi connectivity index (χ2v) is 7.17. The van der Waals surface area contributed by atoms with E-state index in [1.54, 1.807) is 0 Å². The molecule has 0 radical (unpaired) electrons. The van der Waals surface area contributed by atoms with Gasteiger partial charge < -0.3 is 9.64 Å². The molecule has 0 atom stereocenters. The average Bonchev–Trinajstić information content (AvgIpc) is 2.59. The van der Waals surface area contributed by atoms with Crippen LogP contribution in [0.3, 0.4) is 0 Å². The molecule has 0 unspecified atom stereocenters. The van der Waals surface area contributed by atoms with Crippen LogP contribution >= 0.6 is 0 Å². The SMILES string of the molecule is CC(C)(C)c1cccc(N2c3ccccc3Oc3ccccc32)c1. The minimum absolute atomic E-state index is 0.112. The lowest BCUT2D eigenvalue weighted by Gasteiger charge is -2.33. The van der Waals surface area contributed by atoms with Crippen molar-refractivity contribution in [3.8, 4) is 11.5 Å². The van der Waals surface area contributed by atoms with Gasteiger partial charge >= 0.3 is 0 Å². The van der Waals surface area contributed by atoms with E-state index in [1.165, 1.54) is 5.56 Å². The lowest BCUT2D eigenvalue weighted by molar-refractivity contribution is 0.477. The average molecular weight is 315 g/mol. The van der Waals surface area contributed by atoms with Crippen LogP contribution in [0.2, 0.25) is 0 Å². The van der Waals surface area contributed by atoms with Crippen molar-refractivity contribution in [1.29, 1.82) is 0 Å². The normalized spacial score (nSPS) is 13.0. The molecule has 0 spiro atoms. The Labute approximate surface area is 143 Å². The van der Waals surface area contributed by atoms with E-state index in [1.807, 2.05) is 24.3 Å². The fraction of sp³-hybridized carbons (Fsp3) is 0.182. The molecule has 1 heterocycles. The van der Waals surface area contributed by atoms with Crippen LogP contribution in [0.1, 0.15) is 26.3 Å². The van der Waals surface area contributed by atoms with E-state index >= 15 is 0 Å². The Hall–Kier alpha value is -2.74. The highest BCUT2D eigenvalue weighted by Crippen LogP contribution is 2.50. The molecular weight excluding hydrogens is 294 g/mol. The van der Waals surface area contributed by atoms with Crippen LogP contribution in [-0.4, -0.2) is 0 Å². The molecule has 2 nitrogen and oxygen atoms in total. The first-order chi connectivity index (χ1) is 11.5. The summed E-state index contributed by atoms with van der Waals surface area (Å²) in [6.07, 6.45) is 0. The van der Waals surface area contributed by atoms with Gasteiger partial charge in [-0.2, -0.15) is 0 Å². The third-order valence-corrected chi connectivity index (χ3v) is 4.40. The van der Waals surface area contributed by atoms with Crippen molar-refractivity contribution in [2.75, 3.05) is 4.90 Å². The molecule has 2 heteroatoms. The van der Waals surface area contributed by atoms with Gasteiger partial charge in [-0.1, -0.05) is 57.2 Å². The Morgan fingerprint density at radius 1 is 0.708 bits per heavy atom. The van der Waals surface area contributed by atoms with Crippen molar-refractivity contribution in [3.05, 3.63) is 78.4 Å². The molecule has 0 saturated heterocycles. The monoisotopic (exact) mass is 315 g/mol. The van der Waals surface area contributed by atoms with Crippen molar-refractivity contribution >= 4 is 17.1 Å². The molecule has 3 aromatic carbocycles. The van der Waals surface area contributed by atoms with Gasteiger partial charge in [-0.15, -0.1) is 0 Å². The molecule has 1 aliphatic heterocycles. The van der Waals surface area contributed by atoms with E-state index < -0.39 is 0 Å². The summed E-state index contributed by atoms with van der Waals surface area (Å²) < 4.78 is 6.09. The summed E-state index contributed by atoms with van der Waals surface area (Å²) in [5, 5.41) is 0. The maximum atomic E-state index is 6.09. The first-order valence-corrected chi connectivity index (χ1v) is 8.31. The van der Waals surface area contributed by atoms with Crippen LogP contribution in [0.15, 0.2) is 72.8 Å². The molecule has 1 aliphatic rings. The number of hydrogen-bond acceptors (Lipinski definition) is 2. The van der Waals surface area contributed by atoms with Crippen LogP contribution in [-0.2, 0) is 5.41 Å². The number of anilines is 3. The number of para-hydroxylation sites is 4. The molecule has 0 amide bonds. The molecule has 0 saturated carbocycles. The predicted octanol–water partition coefficient (Wildman–Crippen LogP) is 6.56. The lowest BCUT2D eigenvalue weighted by Crippen LogP contribution is -2.17. The standard InChI is InChI=1S/C22H21NO/c1-22(2,3)16-9-8-10-17(15-16)23-18-11-4-6-13-20(18)24-21-14-7-5-12-19(21)23/h4-15H,1-3H3. The summed E-state index contributed by atoms with van der Waals surface area (Å²) in [6.45, 7) is 6.73. The Balaban J connectivity index is 1.92. The fourth-order valence-corrected chi connectivity index (χ4v) is 3.09. The number of hydrogen-bond donors (Lipinski definition) is 0. The maximum absolute atomic E-state index is 6.09. The molecule has 24 heavy (non-hydrogen) atoms. The summed E-state index contributed by atoms with van der Waals surface area (Å²) in [7, 11) is 0. The van der Waals surface area contributed by atoms with Gasteiger partial charge in [0.1, 0.15) is 0 Å². The number of ether oxygens (including phenoxy) is 1. The zero-order valence-electron chi connectivity index (χ0n) is 14.3. The lowest BCUT2D eigenvalue weighted by atomic mass is 9.87. The summed E-state index contributed by atoms with van der Waals surface area (Å²) >= 11 is 0. The second kappa shape index (κ2) is 5.41. The molecule has 3 aromatic rings. The largest absolute Gasteiger partial charge is 0.453 e. The highest BCUT2D eigenvalue weighted by atomic mass is 16.5. The number of benzene rings is 3. The zero-order valence-corrected chi connectivity index (χ0v) is 14.3. The van der Waals surface area contributed by atoms with Crippen molar-refractivity contribution < 1.29 is 4.74 Å².